The molecule has 1 aromatic heterocycles. The first-order chi connectivity index (χ1) is 9.67. The van der Waals surface area contributed by atoms with Crippen molar-refractivity contribution in [3.8, 4) is 17.2 Å². The van der Waals surface area contributed by atoms with Gasteiger partial charge in [-0.15, -0.1) is 0 Å². The number of halogens is 1. The van der Waals surface area contributed by atoms with Crippen LogP contribution in [0, 0.1) is 0 Å². The summed E-state index contributed by atoms with van der Waals surface area (Å²) in [6, 6.07) is 7.45. The van der Waals surface area contributed by atoms with Crippen molar-refractivity contribution in [2.45, 2.75) is 0 Å². The van der Waals surface area contributed by atoms with Crippen molar-refractivity contribution >= 4 is 33.4 Å². The van der Waals surface area contributed by atoms with Crippen molar-refractivity contribution in [2.24, 2.45) is 0 Å². The second-order valence-corrected chi connectivity index (χ2v) is 4.84. The summed E-state index contributed by atoms with van der Waals surface area (Å²) in [6.45, 7) is 0. The van der Waals surface area contributed by atoms with Crippen LogP contribution in [0.25, 0.3) is 21.8 Å². The fourth-order valence-corrected chi connectivity index (χ4v) is 2.66. The summed E-state index contributed by atoms with van der Waals surface area (Å²) in [5, 5.41) is 2.54. The maximum atomic E-state index is 6.15. The number of methoxy groups -OCH3 is 3. The van der Waals surface area contributed by atoms with Gasteiger partial charge in [0.25, 0.3) is 0 Å². The second-order valence-electron chi connectivity index (χ2n) is 4.41. The van der Waals surface area contributed by atoms with E-state index in [4.69, 9.17) is 25.8 Å². The molecule has 0 amide bonds. The van der Waals surface area contributed by atoms with Crippen LogP contribution in [0.15, 0.2) is 24.3 Å². The minimum atomic E-state index is 0.619. The molecule has 0 saturated carbocycles. The Morgan fingerprint density at radius 1 is 0.900 bits per heavy atom. The molecule has 0 saturated heterocycles. The Morgan fingerprint density at radius 2 is 1.65 bits per heavy atom. The molecule has 0 unspecified atom stereocenters. The maximum Gasteiger partial charge on any atom is 0.144 e. The highest BCUT2D eigenvalue weighted by Crippen LogP contribution is 2.40. The van der Waals surface area contributed by atoms with Crippen LogP contribution in [0.4, 0.5) is 0 Å². The van der Waals surface area contributed by atoms with E-state index in [0.29, 0.717) is 10.8 Å². The summed E-state index contributed by atoms with van der Waals surface area (Å²) < 4.78 is 16.1. The lowest BCUT2D eigenvalue weighted by molar-refractivity contribution is 0.398. The highest BCUT2D eigenvalue weighted by molar-refractivity contribution is 6.32. The standard InChI is InChI=1S/C15H14ClNO3/c1-18-9-6-11-14(12(7-9)19-2)10-4-8(16)5-13(20-3)15(10)17-11/h4-7,17H,1-3H3. The van der Waals surface area contributed by atoms with E-state index in [9.17, 15) is 0 Å². The van der Waals surface area contributed by atoms with Gasteiger partial charge < -0.3 is 19.2 Å². The first kappa shape index (κ1) is 12.9. The van der Waals surface area contributed by atoms with E-state index < -0.39 is 0 Å². The molecule has 0 radical (unpaired) electrons. The van der Waals surface area contributed by atoms with Gasteiger partial charge in [-0.05, 0) is 6.07 Å². The molecule has 0 aliphatic heterocycles. The maximum absolute atomic E-state index is 6.15. The molecule has 2 aromatic carbocycles. The van der Waals surface area contributed by atoms with E-state index in [2.05, 4.69) is 4.98 Å². The van der Waals surface area contributed by atoms with Crippen molar-refractivity contribution in [1.29, 1.82) is 0 Å². The van der Waals surface area contributed by atoms with Crippen LogP contribution < -0.4 is 14.2 Å². The van der Waals surface area contributed by atoms with Crippen molar-refractivity contribution in [2.75, 3.05) is 21.3 Å². The highest BCUT2D eigenvalue weighted by atomic mass is 35.5. The number of benzene rings is 2. The van der Waals surface area contributed by atoms with Crippen LogP contribution in [0.2, 0.25) is 5.02 Å². The molecule has 20 heavy (non-hydrogen) atoms. The largest absolute Gasteiger partial charge is 0.497 e. The van der Waals surface area contributed by atoms with Crippen LogP contribution in [0.3, 0.4) is 0 Å². The Morgan fingerprint density at radius 3 is 2.30 bits per heavy atom. The highest BCUT2D eigenvalue weighted by Gasteiger charge is 2.15. The fourth-order valence-electron chi connectivity index (χ4n) is 2.45. The SMILES string of the molecule is COc1cc(OC)c2c(c1)[nH]c1c(OC)cc(Cl)cc12. The quantitative estimate of drug-likeness (QED) is 0.793. The first-order valence-electron chi connectivity index (χ1n) is 6.09. The molecule has 0 aliphatic rings. The van der Waals surface area contributed by atoms with E-state index in [-0.39, 0.29) is 0 Å². The number of hydrogen-bond acceptors (Lipinski definition) is 3. The molecule has 5 heteroatoms. The van der Waals surface area contributed by atoms with Crippen molar-refractivity contribution < 1.29 is 14.2 Å². The lowest BCUT2D eigenvalue weighted by atomic mass is 10.1. The van der Waals surface area contributed by atoms with Gasteiger partial charge in [0.2, 0.25) is 0 Å². The minimum absolute atomic E-state index is 0.619. The van der Waals surface area contributed by atoms with Crippen LogP contribution >= 0.6 is 11.6 Å². The molecule has 0 bridgehead atoms. The molecule has 104 valence electrons. The van der Waals surface area contributed by atoms with E-state index in [1.807, 2.05) is 18.2 Å². The Bertz CT molecular complexity index is 795. The van der Waals surface area contributed by atoms with E-state index in [1.165, 1.54) is 0 Å². The topological polar surface area (TPSA) is 43.5 Å². The summed E-state index contributed by atoms with van der Waals surface area (Å²) >= 11 is 6.15. The lowest BCUT2D eigenvalue weighted by Gasteiger charge is -2.06. The molecular weight excluding hydrogens is 278 g/mol. The van der Waals surface area contributed by atoms with Crippen LogP contribution in [-0.4, -0.2) is 26.3 Å². The normalized spacial score (nSPS) is 11.0. The molecule has 0 fully saturated rings. The molecule has 4 nitrogen and oxygen atoms in total. The average Bonchev–Trinajstić information content (AvgIpc) is 2.83. The Hall–Kier alpha value is -2.07. The molecule has 0 atom stereocenters. The van der Waals surface area contributed by atoms with Crippen molar-refractivity contribution in [3.05, 3.63) is 29.3 Å². The molecular formula is C15H14ClNO3. The smallest absolute Gasteiger partial charge is 0.144 e. The van der Waals surface area contributed by atoms with E-state index in [0.717, 1.165) is 33.3 Å². The molecule has 1 N–H and O–H groups in total. The fraction of sp³-hybridized carbons (Fsp3) is 0.200. The van der Waals surface area contributed by atoms with E-state index in [1.54, 1.807) is 27.4 Å². The third-order valence-corrected chi connectivity index (χ3v) is 3.57. The zero-order valence-corrected chi connectivity index (χ0v) is 12.2. The first-order valence-corrected chi connectivity index (χ1v) is 6.46. The summed E-state index contributed by atoms with van der Waals surface area (Å²) in [6.07, 6.45) is 0. The number of rotatable bonds is 3. The van der Waals surface area contributed by atoms with Gasteiger partial charge in [-0.1, -0.05) is 11.6 Å². The zero-order chi connectivity index (χ0) is 14.3. The predicted molar refractivity (Wildman–Crippen MR) is 80.5 cm³/mol. The molecule has 3 aromatic rings. The number of aromatic amines is 1. The van der Waals surface area contributed by atoms with Gasteiger partial charge in [0.15, 0.2) is 0 Å². The van der Waals surface area contributed by atoms with Gasteiger partial charge in [-0.25, -0.2) is 0 Å². The number of hydrogen-bond donors (Lipinski definition) is 1. The summed E-state index contributed by atoms with van der Waals surface area (Å²) in [4.78, 5) is 3.33. The molecule has 1 heterocycles. The molecule has 3 rings (SSSR count). The predicted octanol–water partition coefficient (Wildman–Crippen LogP) is 4.00. The zero-order valence-electron chi connectivity index (χ0n) is 11.4. The van der Waals surface area contributed by atoms with Crippen molar-refractivity contribution in [3.63, 3.8) is 0 Å². The summed E-state index contributed by atoms with van der Waals surface area (Å²) in [7, 11) is 4.88. The van der Waals surface area contributed by atoms with Gasteiger partial charge in [0.05, 0.1) is 32.4 Å². The lowest BCUT2D eigenvalue weighted by Crippen LogP contribution is -1.87. The van der Waals surface area contributed by atoms with Gasteiger partial charge >= 0.3 is 0 Å². The number of ether oxygens (including phenoxy) is 3. The van der Waals surface area contributed by atoms with Crippen LogP contribution in [0.1, 0.15) is 0 Å². The van der Waals surface area contributed by atoms with Crippen LogP contribution in [-0.2, 0) is 0 Å². The summed E-state index contributed by atoms with van der Waals surface area (Å²) in [5.74, 6) is 2.16. The number of aromatic nitrogens is 1. The van der Waals surface area contributed by atoms with Gasteiger partial charge in [-0.3, -0.25) is 0 Å². The Balaban J connectivity index is 2.48. The van der Waals surface area contributed by atoms with Gasteiger partial charge in [0.1, 0.15) is 17.2 Å². The minimum Gasteiger partial charge on any atom is -0.497 e. The monoisotopic (exact) mass is 291 g/mol. The van der Waals surface area contributed by atoms with Crippen molar-refractivity contribution in [1.82, 2.24) is 4.98 Å². The molecule has 0 spiro atoms. The Kier molecular flexibility index (Phi) is 3.10. The van der Waals surface area contributed by atoms with Gasteiger partial charge in [0, 0.05) is 34.0 Å². The molecule has 0 aliphatic carbocycles. The third kappa shape index (κ3) is 1.84. The third-order valence-electron chi connectivity index (χ3n) is 3.35. The number of H-pyrrole nitrogens is 1. The van der Waals surface area contributed by atoms with Crippen LogP contribution in [0.5, 0.6) is 17.2 Å². The van der Waals surface area contributed by atoms with E-state index >= 15 is 0 Å². The summed E-state index contributed by atoms with van der Waals surface area (Å²) in [5.41, 5.74) is 1.80. The number of fused-ring (bicyclic) bond motifs is 3. The Labute approximate surface area is 121 Å². The average molecular weight is 292 g/mol. The second kappa shape index (κ2) is 4.80. The number of nitrogens with one attached hydrogen (secondary N) is 1. The van der Waals surface area contributed by atoms with Gasteiger partial charge in [-0.2, -0.15) is 0 Å².